The van der Waals surface area contributed by atoms with E-state index in [2.05, 4.69) is 10.6 Å². The minimum absolute atomic E-state index is 0.164. The average molecular weight is 319 g/mol. The van der Waals surface area contributed by atoms with Gasteiger partial charge in [-0.25, -0.2) is 13.6 Å². The topological polar surface area (TPSA) is 70.7 Å². The summed E-state index contributed by atoms with van der Waals surface area (Å²) < 4.78 is 32.3. The third-order valence-corrected chi connectivity index (χ3v) is 3.71. The number of carbonyl (C=O) groups is 2. The number of ether oxygens (including phenoxy) is 1. The van der Waals surface area contributed by atoms with Crippen LogP contribution in [0.25, 0.3) is 0 Å². The number of alkyl carbamates (subject to hydrolysis) is 1. The summed E-state index contributed by atoms with van der Waals surface area (Å²) in [7, 11) is 0. The van der Waals surface area contributed by atoms with Crippen molar-refractivity contribution in [1.82, 2.24) is 15.5 Å². The van der Waals surface area contributed by atoms with E-state index in [0.29, 0.717) is 13.1 Å². The summed E-state index contributed by atoms with van der Waals surface area (Å²) in [5.41, 5.74) is -0.639. The Morgan fingerprint density at radius 2 is 2.09 bits per heavy atom. The van der Waals surface area contributed by atoms with Gasteiger partial charge in [0.15, 0.2) is 0 Å². The first kappa shape index (κ1) is 16.9. The fourth-order valence-electron chi connectivity index (χ4n) is 2.75. The second-order valence-corrected chi connectivity index (χ2v) is 6.86. The van der Waals surface area contributed by atoms with Gasteiger partial charge in [0.25, 0.3) is 5.92 Å². The highest BCUT2D eigenvalue weighted by Gasteiger charge is 2.45. The van der Waals surface area contributed by atoms with Crippen molar-refractivity contribution >= 4 is 12.0 Å². The zero-order chi connectivity index (χ0) is 16.5. The predicted molar refractivity (Wildman–Crippen MR) is 75.7 cm³/mol. The molecule has 6 nitrogen and oxygen atoms in total. The number of hydrogen-bond acceptors (Lipinski definition) is 4. The van der Waals surface area contributed by atoms with Crippen LogP contribution in [-0.4, -0.2) is 60.1 Å². The van der Waals surface area contributed by atoms with Crippen LogP contribution in [0.4, 0.5) is 13.6 Å². The maximum Gasteiger partial charge on any atom is 0.407 e. The van der Waals surface area contributed by atoms with Crippen molar-refractivity contribution < 1.29 is 23.1 Å². The van der Waals surface area contributed by atoms with Crippen molar-refractivity contribution in [1.29, 1.82) is 0 Å². The summed E-state index contributed by atoms with van der Waals surface area (Å²) >= 11 is 0. The SMILES string of the molecule is CC(C)(C)OC(=O)N[C@H]1CNCC1N1CC(F)(F)CCC1=O. The number of halogens is 2. The van der Waals surface area contributed by atoms with E-state index in [1.807, 2.05) is 0 Å². The molecule has 0 aromatic heterocycles. The van der Waals surface area contributed by atoms with Crippen LogP contribution in [0, 0.1) is 0 Å². The molecule has 0 radical (unpaired) electrons. The van der Waals surface area contributed by atoms with Gasteiger partial charge in [0.05, 0.1) is 18.6 Å². The first-order chi connectivity index (χ1) is 10.1. The van der Waals surface area contributed by atoms with Gasteiger partial charge in [-0.05, 0) is 20.8 Å². The van der Waals surface area contributed by atoms with Gasteiger partial charge in [-0.15, -0.1) is 0 Å². The minimum Gasteiger partial charge on any atom is -0.444 e. The Hall–Kier alpha value is -1.44. The molecule has 2 atom stereocenters. The summed E-state index contributed by atoms with van der Waals surface area (Å²) in [6.07, 6.45) is -1.18. The van der Waals surface area contributed by atoms with Crippen molar-refractivity contribution in [3.63, 3.8) is 0 Å². The van der Waals surface area contributed by atoms with Crippen LogP contribution in [-0.2, 0) is 9.53 Å². The summed E-state index contributed by atoms with van der Waals surface area (Å²) in [4.78, 5) is 25.0. The summed E-state index contributed by atoms with van der Waals surface area (Å²) in [6.45, 7) is 5.43. The van der Waals surface area contributed by atoms with E-state index in [-0.39, 0.29) is 12.3 Å². The molecular weight excluding hydrogens is 296 g/mol. The molecule has 22 heavy (non-hydrogen) atoms. The highest BCUT2D eigenvalue weighted by molar-refractivity contribution is 5.78. The maximum absolute atomic E-state index is 13.6. The van der Waals surface area contributed by atoms with Crippen LogP contribution >= 0.6 is 0 Å². The number of likely N-dealkylation sites (tertiary alicyclic amines) is 1. The number of carbonyl (C=O) groups excluding carboxylic acids is 2. The van der Waals surface area contributed by atoms with E-state index in [1.54, 1.807) is 20.8 Å². The van der Waals surface area contributed by atoms with Gasteiger partial charge < -0.3 is 20.3 Å². The number of piperidine rings is 1. The van der Waals surface area contributed by atoms with Gasteiger partial charge in [-0.2, -0.15) is 0 Å². The van der Waals surface area contributed by atoms with E-state index in [1.165, 1.54) is 4.90 Å². The Labute approximate surface area is 128 Å². The molecule has 1 unspecified atom stereocenters. The quantitative estimate of drug-likeness (QED) is 0.800. The summed E-state index contributed by atoms with van der Waals surface area (Å²) in [5, 5.41) is 5.70. The van der Waals surface area contributed by atoms with Crippen molar-refractivity contribution in [3.05, 3.63) is 0 Å². The van der Waals surface area contributed by atoms with Crippen LogP contribution in [0.2, 0.25) is 0 Å². The Bertz CT molecular complexity index is 451. The standard InChI is InChI=1S/C14H23F2N3O3/c1-13(2,3)22-12(21)18-9-6-17-7-10(9)19-8-14(15,16)5-4-11(19)20/h9-10,17H,4-8H2,1-3H3,(H,18,21)/t9-,10?/m0/s1. The van der Waals surface area contributed by atoms with Crippen LogP contribution < -0.4 is 10.6 Å². The molecule has 0 aromatic carbocycles. The van der Waals surface area contributed by atoms with Crippen LogP contribution in [0.1, 0.15) is 33.6 Å². The smallest absolute Gasteiger partial charge is 0.407 e. The maximum atomic E-state index is 13.6. The minimum atomic E-state index is -2.87. The normalized spacial score (nSPS) is 28.6. The highest BCUT2D eigenvalue weighted by Crippen LogP contribution is 2.29. The van der Waals surface area contributed by atoms with E-state index in [0.717, 1.165) is 0 Å². The molecule has 2 aliphatic heterocycles. The molecule has 0 bridgehead atoms. The van der Waals surface area contributed by atoms with Crippen LogP contribution in [0.3, 0.4) is 0 Å². The van der Waals surface area contributed by atoms with Gasteiger partial charge in [-0.1, -0.05) is 0 Å². The molecule has 0 aliphatic carbocycles. The second kappa shape index (κ2) is 5.98. The lowest BCUT2D eigenvalue weighted by Gasteiger charge is -2.38. The van der Waals surface area contributed by atoms with Crippen molar-refractivity contribution in [2.45, 2.75) is 57.2 Å². The van der Waals surface area contributed by atoms with E-state index < -0.39 is 42.7 Å². The molecule has 0 aromatic rings. The first-order valence-corrected chi connectivity index (χ1v) is 7.45. The first-order valence-electron chi connectivity index (χ1n) is 7.45. The lowest BCUT2D eigenvalue weighted by Crippen LogP contribution is -2.58. The number of rotatable bonds is 2. The molecule has 0 spiro atoms. The summed E-state index contributed by atoms with van der Waals surface area (Å²) in [6, 6.07) is -0.918. The third kappa shape index (κ3) is 4.28. The molecule has 2 fully saturated rings. The Morgan fingerprint density at radius 1 is 1.41 bits per heavy atom. The fourth-order valence-corrected chi connectivity index (χ4v) is 2.75. The zero-order valence-corrected chi connectivity index (χ0v) is 13.1. The third-order valence-electron chi connectivity index (χ3n) is 3.71. The van der Waals surface area contributed by atoms with Gasteiger partial charge in [-0.3, -0.25) is 4.79 Å². The molecule has 2 rings (SSSR count). The number of alkyl halides is 2. The van der Waals surface area contributed by atoms with Crippen LogP contribution in [0.15, 0.2) is 0 Å². The number of nitrogens with one attached hydrogen (secondary N) is 2. The largest absolute Gasteiger partial charge is 0.444 e. The van der Waals surface area contributed by atoms with E-state index in [4.69, 9.17) is 4.74 Å². The van der Waals surface area contributed by atoms with E-state index in [9.17, 15) is 18.4 Å². The molecule has 2 amide bonds. The number of nitrogens with zero attached hydrogens (tertiary/aromatic N) is 1. The zero-order valence-electron chi connectivity index (χ0n) is 13.1. The van der Waals surface area contributed by atoms with Gasteiger partial charge in [0.1, 0.15) is 5.60 Å². The van der Waals surface area contributed by atoms with Crippen LogP contribution in [0.5, 0.6) is 0 Å². The van der Waals surface area contributed by atoms with Gasteiger partial charge in [0, 0.05) is 25.9 Å². The molecule has 2 saturated heterocycles. The van der Waals surface area contributed by atoms with Crippen molar-refractivity contribution in [3.8, 4) is 0 Å². The molecule has 2 heterocycles. The monoisotopic (exact) mass is 319 g/mol. The number of hydrogen-bond donors (Lipinski definition) is 2. The Balaban J connectivity index is 2.01. The Morgan fingerprint density at radius 3 is 2.73 bits per heavy atom. The number of amides is 2. The highest BCUT2D eigenvalue weighted by atomic mass is 19.3. The van der Waals surface area contributed by atoms with Gasteiger partial charge in [0.2, 0.25) is 5.91 Å². The Kier molecular flexibility index (Phi) is 4.60. The average Bonchev–Trinajstić information content (AvgIpc) is 2.77. The van der Waals surface area contributed by atoms with Crippen molar-refractivity contribution in [2.24, 2.45) is 0 Å². The molecule has 2 aliphatic rings. The van der Waals surface area contributed by atoms with E-state index >= 15 is 0 Å². The van der Waals surface area contributed by atoms with Gasteiger partial charge >= 0.3 is 6.09 Å². The lowest BCUT2D eigenvalue weighted by molar-refractivity contribution is -0.151. The van der Waals surface area contributed by atoms with Crippen molar-refractivity contribution in [2.75, 3.05) is 19.6 Å². The fraction of sp³-hybridized carbons (Fsp3) is 0.857. The second-order valence-electron chi connectivity index (χ2n) is 6.86. The predicted octanol–water partition coefficient (Wildman–Crippen LogP) is 1.11. The lowest BCUT2D eigenvalue weighted by atomic mass is 10.0. The molecular formula is C14H23F2N3O3. The molecule has 126 valence electrons. The molecule has 8 heteroatoms. The molecule has 2 N–H and O–H groups in total. The molecule has 0 saturated carbocycles. The summed E-state index contributed by atoms with van der Waals surface area (Å²) in [5.74, 6) is -3.16.